The highest BCUT2D eigenvalue weighted by Crippen LogP contribution is 2.16. The van der Waals surface area contributed by atoms with Crippen LogP contribution < -0.4 is 15.2 Å². The lowest BCUT2D eigenvalue weighted by molar-refractivity contribution is 0.102. The highest BCUT2D eigenvalue weighted by atomic mass is 32.2. The molecule has 0 radical (unpaired) electrons. The van der Waals surface area contributed by atoms with Gasteiger partial charge in [-0.05, 0) is 54.6 Å². The summed E-state index contributed by atoms with van der Waals surface area (Å²) < 4.78 is 54.9. The largest absolute Gasteiger partial charge is 0.468 e. The lowest BCUT2D eigenvalue weighted by atomic mass is 10.2. The number of anilines is 1. The smallest absolute Gasteiger partial charge is 0.255 e. The van der Waals surface area contributed by atoms with Crippen molar-refractivity contribution in [2.24, 2.45) is 5.14 Å². The molecule has 4 N–H and O–H groups in total. The number of nitrogens with two attached hydrogens (primary N) is 1. The first-order valence-electron chi connectivity index (χ1n) is 8.21. The number of hydrogen-bond donors (Lipinski definition) is 3. The molecule has 0 unspecified atom stereocenters. The highest BCUT2D eigenvalue weighted by molar-refractivity contribution is 7.89. The number of sulfonamides is 2. The highest BCUT2D eigenvalue weighted by Gasteiger charge is 2.17. The van der Waals surface area contributed by atoms with E-state index in [9.17, 15) is 21.6 Å². The second-order valence-electron chi connectivity index (χ2n) is 5.96. The molecule has 0 saturated heterocycles. The van der Waals surface area contributed by atoms with Crippen molar-refractivity contribution < 1.29 is 26.0 Å². The molecule has 0 fully saturated rings. The molecular formula is C18H17N3O6S2. The Balaban J connectivity index is 1.73. The van der Waals surface area contributed by atoms with E-state index in [2.05, 4.69) is 10.0 Å². The number of furan rings is 1. The van der Waals surface area contributed by atoms with Gasteiger partial charge in [0.05, 0.1) is 22.6 Å². The first-order valence-corrected chi connectivity index (χ1v) is 11.2. The van der Waals surface area contributed by atoms with Crippen molar-refractivity contribution in [3.63, 3.8) is 0 Å². The molecule has 152 valence electrons. The number of rotatable bonds is 7. The van der Waals surface area contributed by atoms with Crippen molar-refractivity contribution in [1.29, 1.82) is 0 Å². The van der Waals surface area contributed by atoms with Gasteiger partial charge in [-0.1, -0.05) is 6.07 Å². The molecule has 0 spiro atoms. The molecule has 3 rings (SSSR count). The van der Waals surface area contributed by atoms with E-state index in [0.29, 0.717) is 11.4 Å². The van der Waals surface area contributed by atoms with Crippen LogP contribution in [0.15, 0.2) is 81.1 Å². The molecule has 0 aliphatic rings. The molecule has 1 heterocycles. The van der Waals surface area contributed by atoms with Crippen LogP contribution in [0.5, 0.6) is 0 Å². The van der Waals surface area contributed by atoms with Gasteiger partial charge in [0.15, 0.2) is 0 Å². The Bertz CT molecular complexity index is 1220. The molecule has 1 aromatic heterocycles. The number of benzene rings is 2. The van der Waals surface area contributed by atoms with Gasteiger partial charge in [-0.25, -0.2) is 26.7 Å². The molecule has 11 heteroatoms. The van der Waals surface area contributed by atoms with Gasteiger partial charge in [0, 0.05) is 11.3 Å². The van der Waals surface area contributed by atoms with Crippen molar-refractivity contribution >= 4 is 31.6 Å². The number of amides is 1. The number of carbonyl (C=O) groups is 1. The first-order chi connectivity index (χ1) is 13.6. The van der Waals surface area contributed by atoms with E-state index in [1.54, 1.807) is 12.1 Å². The summed E-state index contributed by atoms with van der Waals surface area (Å²) in [6.07, 6.45) is 1.43. The number of carbonyl (C=O) groups excluding carboxylic acids is 1. The zero-order valence-corrected chi connectivity index (χ0v) is 16.5. The Morgan fingerprint density at radius 3 is 2.28 bits per heavy atom. The Morgan fingerprint density at radius 1 is 0.931 bits per heavy atom. The van der Waals surface area contributed by atoms with Crippen LogP contribution >= 0.6 is 0 Å². The fourth-order valence-corrected chi connectivity index (χ4v) is 3.95. The summed E-state index contributed by atoms with van der Waals surface area (Å²) >= 11 is 0. The van der Waals surface area contributed by atoms with E-state index in [1.165, 1.54) is 54.8 Å². The third-order valence-electron chi connectivity index (χ3n) is 3.86. The van der Waals surface area contributed by atoms with E-state index in [0.717, 1.165) is 0 Å². The van der Waals surface area contributed by atoms with Crippen LogP contribution in [0.1, 0.15) is 16.1 Å². The van der Waals surface area contributed by atoms with Crippen LogP contribution in [0.2, 0.25) is 0 Å². The fourth-order valence-electron chi connectivity index (χ4n) is 2.40. The molecule has 0 saturated carbocycles. The summed E-state index contributed by atoms with van der Waals surface area (Å²) in [5, 5.41) is 7.59. The van der Waals surface area contributed by atoms with E-state index in [1.807, 2.05) is 0 Å². The van der Waals surface area contributed by atoms with E-state index >= 15 is 0 Å². The Morgan fingerprint density at radius 2 is 1.66 bits per heavy atom. The average molecular weight is 435 g/mol. The van der Waals surface area contributed by atoms with Gasteiger partial charge in [-0.15, -0.1) is 0 Å². The van der Waals surface area contributed by atoms with Gasteiger partial charge in [0.25, 0.3) is 5.91 Å². The van der Waals surface area contributed by atoms with Crippen LogP contribution in [0, 0.1) is 0 Å². The maximum atomic E-state index is 12.4. The topological polar surface area (TPSA) is 149 Å². The molecule has 0 atom stereocenters. The molecule has 2 aromatic carbocycles. The molecule has 0 aliphatic heterocycles. The van der Waals surface area contributed by atoms with Gasteiger partial charge in [0.2, 0.25) is 20.0 Å². The summed E-state index contributed by atoms with van der Waals surface area (Å²) in [6, 6.07) is 14.0. The average Bonchev–Trinajstić information content (AvgIpc) is 3.20. The summed E-state index contributed by atoms with van der Waals surface area (Å²) in [6.45, 7) is -0.0256. The van der Waals surface area contributed by atoms with Crippen LogP contribution in [0.3, 0.4) is 0 Å². The predicted molar refractivity (Wildman–Crippen MR) is 105 cm³/mol. The third kappa shape index (κ3) is 5.29. The third-order valence-corrected chi connectivity index (χ3v) is 6.19. The van der Waals surface area contributed by atoms with Gasteiger partial charge in [0.1, 0.15) is 5.76 Å². The Labute approximate surface area is 167 Å². The monoisotopic (exact) mass is 435 g/mol. The maximum Gasteiger partial charge on any atom is 0.255 e. The quantitative estimate of drug-likeness (QED) is 0.514. The molecule has 1 amide bonds. The zero-order valence-electron chi connectivity index (χ0n) is 14.9. The van der Waals surface area contributed by atoms with E-state index < -0.39 is 26.0 Å². The normalized spacial score (nSPS) is 11.9. The Kier molecular flexibility index (Phi) is 5.84. The SMILES string of the molecule is NS(=O)(=O)c1ccc(NC(=O)c2cccc(S(=O)(=O)NCc3ccco3)c2)cc1. The maximum absolute atomic E-state index is 12.4. The summed E-state index contributed by atoms with van der Waals surface area (Å²) in [5.74, 6) is -0.109. The van der Waals surface area contributed by atoms with Crippen molar-refractivity contribution in [3.8, 4) is 0 Å². The lowest BCUT2D eigenvalue weighted by Crippen LogP contribution is -2.23. The summed E-state index contributed by atoms with van der Waals surface area (Å²) in [5.41, 5.74) is 0.438. The Hall–Kier alpha value is -2.99. The zero-order chi connectivity index (χ0) is 21.1. The van der Waals surface area contributed by atoms with Gasteiger partial charge >= 0.3 is 0 Å². The second-order valence-corrected chi connectivity index (χ2v) is 9.28. The van der Waals surface area contributed by atoms with Crippen molar-refractivity contribution in [3.05, 3.63) is 78.3 Å². The second kappa shape index (κ2) is 8.17. The van der Waals surface area contributed by atoms with Crippen LogP contribution in [-0.2, 0) is 26.6 Å². The van der Waals surface area contributed by atoms with Gasteiger partial charge < -0.3 is 9.73 Å². The summed E-state index contributed by atoms with van der Waals surface area (Å²) in [4.78, 5) is 12.3. The molecular weight excluding hydrogens is 418 g/mol. The van der Waals surface area contributed by atoms with Crippen molar-refractivity contribution in [1.82, 2.24) is 4.72 Å². The number of primary sulfonamides is 1. The molecule has 0 aliphatic carbocycles. The molecule has 9 nitrogen and oxygen atoms in total. The van der Waals surface area contributed by atoms with Gasteiger partial charge in [-0.2, -0.15) is 0 Å². The standard InChI is InChI=1S/C18H17N3O6S2/c19-28(23,24)16-8-6-14(7-9-16)21-18(22)13-3-1-5-17(11-13)29(25,26)20-12-15-4-2-10-27-15/h1-11,20H,12H2,(H,21,22)(H2,19,23,24). The van der Waals surface area contributed by atoms with E-state index in [-0.39, 0.29) is 21.9 Å². The lowest BCUT2D eigenvalue weighted by Gasteiger charge is -2.09. The number of nitrogens with one attached hydrogen (secondary N) is 2. The molecule has 0 bridgehead atoms. The van der Waals surface area contributed by atoms with Crippen molar-refractivity contribution in [2.75, 3.05) is 5.32 Å². The van der Waals surface area contributed by atoms with E-state index in [4.69, 9.17) is 9.56 Å². The number of hydrogen-bond acceptors (Lipinski definition) is 6. The van der Waals surface area contributed by atoms with Crippen molar-refractivity contribution in [2.45, 2.75) is 16.3 Å². The molecule has 3 aromatic rings. The minimum absolute atomic E-state index is 0.0256. The predicted octanol–water partition coefficient (Wildman–Crippen LogP) is 1.66. The van der Waals surface area contributed by atoms with Crippen LogP contribution in [0.25, 0.3) is 0 Å². The first kappa shape index (κ1) is 20.7. The minimum Gasteiger partial charge on any atom is -0.468 e. The molecule has 29 heavy (non-hydrogen) atoms. The fraction of sp³-hybridized carbons (Fsp3) is 0.0556. The summed E-state index contributed by atoms with van der Waals surface area (Å²) in [7, 11) is -7.69. The van der Waals surface area contributed by atoms with Crippen LogP contribution in [-0.4, -0.2) is 22.7 Å². The minimum atomic E-state index is -3.86. The van der Waals surface area contributed by atoms with Crippen LogP contribution in [0.4, 0.5) is 5.69 Å². The van der Waals surface area contributed by atoms with Gasteiger partial charge in [-0.3, -0.25) is 4.79 Å².